The fourth-order valence-electron chi connectivity index (χ4n) is 1.97. The number of carbonyl (C=O) groups is 1. The van der Waals surface area contributed by atoms with Crippen molar-refractivity contribution >= 4 is 23.4 Å². The molecule has 0 bridgehead atoms. The maximum Gasteiger partial charge on any atom is 0.272 e. The first-order valence-electron chi connectivity index (χ1n) is 6.44. The van der Waals surface area contributed by atoms with Crippen LogP contribution in [0.4, 0.5) is 5.69 Å². The van der Waals surface area contributed by atoms with E-state index in [2.05, 4.69) is 10.2 Å². The monoisotopic (exact) mass is 321 g/mol. The van der Waals surface area contributed by atoms with Gasteiger partial charge >= 0.3 is 0 Å². The van der Waals surface area contributed by atoms with Gasteiger partial charge in [-0.25, -0.2) is 0 Å². The van der Waals surface area contributed by atoms with Gasteiger partial charge in [-0.3, -0.25) is 19.5 Å². The van der Waals surface area contributed by atoms with E-state index in [0.29, 0.717) is 22.3 Å². The molecule has 0 unspecified atom stereocenters. The Morgan fingerprint density at radius 3 is 2.77 bits per heavy atom. The van der Waals surface area contributed by atoms with Gasteiger partial charge in [-0.05, 0) is 19.4 Å². The number of primary amides is 1. The van der Waals surface area contributed by atoms with Crippen molar-refractivity contribution in [1.29, 1.82) is 0 Å². The molecule has 0 atom stereocenters. The van der Waals surface area contributed by atoms with Crippen LogP contribution in [0.15, 0.2) is 23.4 Å². The highest BCUT2D eigenvalue weighted by molar-refractivity contribution is 7.98. The number of benzene rings is 1. The summed E-state index contributed by atoms with van der Waals surface area (Å²) in [5.74, 6) is 0.609. The summed E-state index contributed by atoms with van der Waals surface area (Å²) < 4.78 is 1.62. The highest BCUT2D eigenvalue weighted by Gasteiger charge is 2.15. The van der Waals surface area contributed by atoms with Crippen LogP contribution in [0, 0.1) is 24.0 Å². The summed E-state index contributed by atoms with van der Waals surface area (Å²) in [5.41, 5.74) is 6.76. The highest BCUT2D eigenvalue weighted by Crippen LogP contribution is 2.27. The average Bonchev–Trinajstić information content (AvgIpc) is 2.78. The standard InChI is InChI=1S/C13H15N5O3S/c1-8-10(4-3-5-11(8)18(20)21)7-22-13-16-15-9(2)17(13)6-12(14)19/h3-5H,6-7H2,1-2H3,(H2,14,19). The number of nitrogens with zero attached hydrogens (tertiary/aromatic N) is 4. The van der Waals surface area contributed by atoms with Crippen LogP contribution in [0.5, 0.6) is 0 Å². The van der Waals surface area contributed by atoms with Crippen LogP contribution in [0.25, 0.3) is 0 Å². The number of thioether (sulfide) groups is 1. The minimum atomic E-state index is -0.476. The normalized spacial score (nSPS) is 10.6. The van der Waals surface area contributed by atoms with Gasteiger partial charge in [-0.1, -0.05) is 23.9 Å². The molecule has 0 radical (unpaired) electrons. The number of rotatable bonds is 6. The van der Waals surface area contributed by atoms with Gasteiger partial charge in [0.05, 0.1) is 4.92 Å². The van der Waals surface area contributed by atoms with Crippen LogP contribution in [0.2, 0.25) is 0 Å². The molecule has 0 aliphatic carbocycles. The fourth-order valence-corrected chi connectivity index (χ4v) is 3.02. The van der Waals surface area contributed by atoms with Crippen LogP contribution < -0.4 is 5.73 Å². The van der Waals surface area contributed by atoms with Crippen LogP contribution in [0.1, 0.15) is 17.0 Å². The largest absolute Gasteiger partial charge is 0.368 e. The van der Waals surface area contributed by atoms with Crippen molar-refractivity contribution in [3.8, 4) is 0 Å². The molecule has 1 aromatic heterocycles. The zero-order chi connectivity index (χ0) is 16.3. The second kappa shape index (κ2) is 6.56. The molecule has 1 aromatic carbocycles. The van der Waals surface area contributed by atoms with Crippen LogP contribution in [-0.2, 0) is 17.1 Å². The van der Waals surface area contributed by atoms with Crippen molar-refractivity contribution in [3.63, 3.8) is 0 Å². The SMILES string of the molecule is Cc1c(CSc2nnc(C)n2CC(N)=O)cccc1[N+](=O)[O-]. The zero-order valence-electron chi connectivity index (χ0n) is 12.1. The zero-order valence-corrected chi connectivity index (χ0v) is 13.0. The smallest absolute Gasteiger partial charge is 0.272 e. The van der Waals surface area contributed by atoms with Crippen molar-refractivity contribution in [2.24, 2.45) is 5.73 Å². The summed E-state index contributed by atoms with van der Waals surface area (Å²) in [6.45, 7) is 3.46. The Labute approximate surface area is 130 Å². The molecular formula is C13H15N5O3S. The third kappa shape index (κ3) is 3.42. The van der Waals surface area contributed by atoms with E-state index < -0.39 is 10.8 Å². The molecule has 116 valence electrons. The molecule has 8 nitrogen and oxygen atoms in total. The van der Waals surface area contributed by atoms with E-state index in [1.165, 1.54) is 17.8 Å². The average molecular weight is 321 g/mol. The molecule has 0 fully saturated rings. The molecule has 0 saturated heterocycles. The Morgan fingerprint density at radius 1 is 1.41 bits per heavy atom. The van der Waals surface area contributed by atoms with Crippen molar-refractivity contribution in [3.05, 3.63) is 45.3 Å². The number of amides is 1. The van der Waals surface area contributed by atoms with E-state index in [-0.39, 0.29) is 12.2 Å². The quantitative estimate of drug-likeness (QED) is 0.490. The third-order valence-corrected chi connectivity index (χ3v) is 4.20. The Morgan fingerprint density at radius 2 is 2.14 bits per heavy atom. The molecule has 2 N–H and O–H groups in total. The maximum absolute atomic E-state index is 11.1. The highest BCUT2D eigenvalue weighted by atomic mass is 32.2. The second-order valence-corrected chi connectivity index (χ2v) is 5.63. The molecule has 2 rings (SSSR count). The molecule has 9 heteroatoms. The van der Waals surface area contributed by atoms with Crippen molar-refractivity contribution in [2.45, 2.75) is 31.3 Å². The van der Waals surface area contributed by atoms with Gasteiger partial charge in [0.15, 0.2) is 5.16 Å². The van der Waals surface area contributed by atoms with E-state index >= 15 is 0 Å². The van der Waals surface area contributed by atoms with E-state index in [9.17, 15) is 14.9 Å². The lowest BCUT2D eigenvalue weighted by Crippen LogP contribution is -2.20. The number of aryl methyl sites for hydroxylation is 1. The van der Waals surface area contributed by atoms with Gasteiger partial charge < -0.3 is 5.73 Å². The van der Waals surface area contributed by atoms with Crippen LogP contribution >= 0.6 is 11.8 Å². The van der Waals surface area contributed by atoms with E-state index in [4.69, 9.17) is 5.73 Å². The Balaban J connectivity index is 2.19. The molecule has 0 saturated carbocycles. The van der Waals surface area contributed by atoms with Crippen molar-refractivity contribution in [1.82, 2.24) is 14.8 Å². The van der Waals surface area contributed by atoms with E-state index in [0.717, 1.165) is 5.56 Å². The Kier molecular flexibility index (Phi) is 4.76. The van der Waals surface area contributed by atoms with Gasteiger partial charge in [-0.15, -0.1) is 10.2 Å². The molecule has 22 heavy (non-hydrogen) atoms. The van der Waals surface area contributed by atoms with Gasteiger partial charge in [0.2, 0.25) is 5.91 Å². The first-order valence-corrected chi connectivity index (χ1v) is 7.42. The summed E-state index contributed by atoms with van der Waals surface area (Å²) in [6, 6.07) is 4.96. The van der Waals surface area contributed by atoms with Gasteiger partial charge in [-0.2, -0.15) is 0 Å². The maximum atomic E-state index is 11.1. The summed E-state index contributed by atoms with van der Waals surface area (Å²) >= 11 is 1.36. The molecule has 0 aliphatic rings. The summed E-state index contributed by atoms with van der Waals surface area (Å²) in [5, 5.41) is 19.4. The first kappa shape index (κ1) is 16.0. The third-order valence-electron chi connectivity index (χ3n) is 3.19. The Hall–Kier alpha value is -2.42. The minimum Gasteiger partial charge on any atom is -0.368 e. The topological polar surface area (TPSA) is 117 Å². The van der Waals surface area contributed by atoms with Crippen LogP contribution in [0.3, 0.4) is 0 Å². The molecule has 1 amide bonds. The Bertz CT molecular complexity index is 728. The molecular weight excluding hydrogens is 306 g/mol. The molecule has 0 aliphatic heterocycles. The van der Waals surface area contributed by atoms with E-state index in [1.54, 1.807) is 24.5 Å². The number of carbonyl (C=O) groups excluding carboxylic acids is 1. The molecule has 2 aromatic rings. The second-order valence-electron chi connectivity index (χ2n) is 4.69. The lowest BCUT2D eigenvalue weighted by Gasteiger charge is -2.07. The van der Waals surface area contributed by atoms with Gasteiger partial charge in [0, 0.05) is 17.4 Å². The van der Waals surface area contributed by atoms with Gasteiger partial charge in [0.25, 0.3) is 5.69 Å². The summed E-state index contributed by atoms with van der Waals surface area (Å²) in [7, 11) is 0. The number of nitro groups is 1. The number of aromatic nitrogens is 3. The lowest BCUT2D eigenvalue weighted by molar-refractivity contribution is -0.385. The predicted octanol–water partition coefficient (Wildman–Crippen LogP) is 1.58. The molecule has 0 spiro atoms. The lowest BCUT2D eigenvalue weighted by atomic mass is 10.1. The fraction of sp³-hybridized carbons (Fsp3) is 0.308. The predicted molar refractivity (Wildman–Crippen MR) is 81.3 cm³/mol. The number of nitrogens with two attached hydrogens (primary N) is 1. The number of nitro benzene ring substituents is 1. The van der Waals surface area contributed by atoms with Gasteiger partial charge in [0.1, 0.15) is 12.4 Å². The van der Waals surface area contributed by atoms with Crippen LogP contribution in [-0.4, -0.2) is 25.6 Å². The van der Waals surface area contributed by atoms with E-state index in [1.807, 2.05) is 6.07 Å². The summed E-state index contributed by atoms with van der Waals surface area (Å²) in [4.78, 5) is 21.6. The van der Waals surface area contributed by atoms with Crippen molar-refractivity contribution < 1.29 is 9.72 Å². The summed E-state index contributed by atoms with van der Waals surface area (Å²) in [6.07, 6.45) is 0. The first-order chi connectivity index (χ1) is 10.4. The minimum absolute atomic E-state index is 0.00901. The molecule has 1 heterocycles. The number of hydrogen-bond donors (Lipinski definition) is 1. The number of hydrogen-bond acceptors (Lipinski definition) is 6. The van der Waals surface area contributed by atoms with Crippen molar-refractivity contribution in [2.75, 3.05) is 0 Å².